The molecule has 0 spiro atoms. The Hall–Kier alpha value is -0.630. The molecule has 0 bridgehead atoms. The molecule has 0 aromatic rings. The molecule has 0 amide bonds. The van der Waals surface area contributed by atoms with Gasteiger partial charge in [-0.15, -0.1) is 3.89 Å². The average Bonchev–Trinajstić information content (AvgIpc) is 2.31. The Kier molecular flexibility index (Phi) is 2.14. The van der Waals surface area contributed by atoms with E-state index < -0.39 is 21.4 Å². The van der Waals surface area contributed by atoms with Crippen LogP contribution in [0.25, 0.3) is 0 Å². The van der Waals surface area contributed by atoms with Crippen molar-refractivity contribution in [2.24, 2.45) is 5.92 Å². The van der Waals surface area contributed by atoms with Gasteiger partial charge < -0.3 is 0 Å². The summed E-state index contributed by atoms with van der Waals surface area (Å²) in [7, 11) is -4.49. The number of nitriles is 1. The minimum Gasteiger partial charge on any atom is -0.198 e. The Labute approximate surface area is 65.0 Å². The molecule has 0 saturated heterocycles. The molecule has 0 radical (unpaired) electrons. The van der Waals surface area contributed by atoms with Gasteiger partial charge in [-0.1, -0.05) is 6.42 Å². The van der Waals surface area contributed by atoms with E-state index in [2.05, 4.69) is 0 Å². The van der Waals surface area contributed by atoms with E-state index >= 15 is 0 Å². The van der Waals surface area contributed by atoms with Gasteiger partial charge in [-0.25, -0.2) is 0 Å². The van der Waals surface area contributed by atoms with Gasteiger partial charge in [0.15, 0.2) is 0 Å². The molecule has 1 saturated carbocycles. The highest BCUT2D eigenvalue weighted by Crippen LogP contribution is 2.31. The van der Waals surface area contributed by atoms with Crippen LogP contribution in [0.5, 0.6) is 0 Å². The molecule has 2 atom stereocenters. The topological polar surface area (TPSA) is 57.9 Å². The van der Waals surface area contributed by atoms with E-state index in [1.54, 1.807) is 6.07 Å². The Bertz CT molecular complexity index is 279. The first kappa shape index (κ1) is 8.47. The maximum Gasteiger partial charge on any atom is 0.306 e. The lowest BCUT2D eigenvalue weighted by molar-refractivity contribution is 0.521. The largest absolute Gasteiger partial charge is 0.306 e. The van der Waals surface area contributed by atoms with Crippen LogP contribution in [0.4, 0.5) is 3.89 Å². The lowest BCUT2D eigenvalue weighted by Gasteiger charge is -2.05. The second-order valence-corrected chi connectivity index (χ2v) is 4.24. The number of rotatable bonds is 1. The van der Waals surface area contributed by atoms with Gasteiger partial charge >= 0.3 is 10.2 Å². The molecular formula is C6H8FNO2S. The zero-order chi connectivity index (χ0) is 8.48. The minimum atomic E-state index is -4.49. The molecule has 5 heteroatoms. The van der Waals surface area contributed by atoms with E-state index in [-0.39, 0.29) is 6.42 Å². The third kappa shape index (κ3) is 1.69. The first-order chi connectivity index (χ1) is 5.05. The lowest BCUT2D eigenvalue weighted by Crippen LogP contribution is -2.20. The van der Waals surface area contributed by atoms with E-state index in [4.69, 9.17) is 5.26 Å². The summed E-state index contributed by atoms with van der Waals surface area (Å²) in [6.07, 6.45) is 1.42. The maximum atomic E-state index is 12.4. The van der Waals surface area contributed by atoms with Crippen molar-refractivity contribution < 1.29 is 12.3 Å². The molecule has 0 aromatic carbocycles. The van der Waals surface area contributed by atoms with Crippen LogP contribution in [0, 0.1) is 17.2 Å². The summed E-state index contributed by atoms with van der Waals surface area (Å²) in [5, 5.41) is 7.36. The van der Waals surface area contributed by atoms with E-state index in [0.29, 0.717) is 12.8 Å². The molecule has 62 valence electrons. The fourth-order valence-electron chi connectivity index (χ4n) is 1.41. The fraction of sp³-hybridized carbons (Fsp3) is 0.833. The zero-order valence-electron chi connectivity index (χ0n) is 5.83. The van der Waals surface area contributed by atoms with Crippen LogP contribution in [0.1, 0.15) is 19.3 Å². The summed E-state index contributed by atoms with van der Waals surface area (Å²) in [5.74, 6) is -0.634. The highest BCUT2D eigenvalue weighted by atomic mass is 32.3. The summed E-state index contributed by atoms with van der Waals surface area (Å²) in [5.41, 5.74) is 0. The van der Waals surface area contributed by atoms with E-state index in [1.807, 2.05) is 0 Å². The molecule has 0 aromatic heterocycles. The van der Waals surface area contributed by atoms with Crippen molar-refractivity contribution in [1.29, 1.82) is 5.26 Å². The van der Waals surface area contributed by atoms with Crippen LogP contribution < -0.4 is 0 Å². The van der Waals surface area contributed by atoms with Crippen molar-refractivity contribution in [3.8, 4) is 6.07 Å². The van der Waals surface area contributed by atoms with Gasteiger partial charge in [0.25, 0.3) is 0 Å². The standard InChI is InChI=1S/C6H8FNO2S/c7-11(9,10)6-3-1-2-5(6)4-8/h5-6H,1-3H2. The second-order valence-electron chi connectivity index (χ2n) is 2.68. The summed E-state index contributed by atoms with van der Waals surface area (Å²) in [6, 6.07) is 1.80. The summed E-state index contributed by atoms with van der Waals surface area (Å²) in [4.78, 5) is 0. The Morgan fingerprint density at radius 2 is 2.09 bits per heavy atom. The average molecular weight is 177 g/mol. The highest BCUT2D eigenvalue weighted by molar-refractivity contribution is 7.87. The van der Waals surface area contributed by atoms with Gasteiger partial charge in [0, 0.05) is 0 Å². The van der Waals surface area contributed by atoms with Gasteiger partial charge in [0.1, 0.15) is 5.25 Å². The van der Waals surface area contributed by atoms with Crippen LogP contribution in [0.2, 0.25) is 0 Å². The number of halogens is 1. The van der Waals surface area contributed by atoms with Crippen LogP contribution in [-0.4, -0.2) is 13.7 Å². The van der Waals surface area contributed by atoms with Crippen LogP contribution in [0.15, 0.2) is 0 Å². The quantitative estimate of drug-likeness (QED) is 0.561. The van der Waals surface area contributed by atoms with Gasteiger partial charge in [-0.2, -0.15) is 13.7 Å². The SMILES string of the molecule is N#CC1CCCC1S(=O)(=O)F. The van der Waals surface area contributed by atoms with Crippen LogP contribution in [-0.2, 0) is 10.2 Å². The maximum absolute atomic E-state index is 12.4. The Morgan fingerprint density at radius 1 is 1.45 bits per heavy atom. The Morgan fingerprint density at radius 3 is 2.45 bits per heavy atom. The highest BCUT2D eigenvalue weighted by Gasteiger charge is 2.37. The molecule has 1 aliphatic rings. The van der Waals surface area contributed by atoms with E-state index in [9.17, 15) is 12.3 Å². The third-order valence-corrected chi connectivity index (χ3v) is 3.27. The Balaban J connectivity index is 2.83. The molecule has 0 N–H and O–H groups in total. The van der Waals surface area contributed by atoms with Crippen LogP contribution in [0.3, 0.4) is 0 Å². The molecule has 11 heavy (non-hydrogen) atoms. The molecule has 0 heterocycles. The van der Waals surface area contributed by atoms with Crippen molar-refractivity contribution in [3.05, 3.63) is 0 Å². The first-order valence-corrected chi connectivity index (χ1v) is 4.83. The van der Waals surface area contributed by atoms with Crippen molar-refractivity contribution in [3.63, 3.8) is 0 Å². The van der Waals surface area contributed by atoms with Crippen molar-refractivity contribution in [2.45, 2.75) is 24.5 Å². The van der Waals surface area contributed by atoms with Gasteiger partial charge in [-0.3, -0.25) is 0 Å². The monoisotopic (exact) mass is 177 g/mol. The number of hydrogen-bond donors (Lipinski definition) is 0. The predicted octanol–water partition coefficient (Wildman–Crippen LogP) is 0.978. The second kappa shape index (κ2) is 2.78. The van der Waals surface area contributed by atoms with Gasteiger partial charge in [-0.05, 0) is 12.8 Å². The number of hydrogen-bond acceptors (Lipinski definition) is 3. The van der Waals surface area contributed by atoms with Crippen molar-refractivity contribution in [2.75, 3.05) is 0 Å². The van der Waals surface area contributed by atoms with Gasteiger partial charge in [0.05, 0.1) is 12.0 Å². The van der Waals surface area contributed by atoms with Crippen molar-refractivity contribution in [1.82, 2.24) is 0 Å². The molecule has 0 aliphatic heterocycles. The summed E-state index contributed by atoms with van der Waals surface area (Å²) >= 11 is 0. The van der Waals surface area contributed by atoms with Crippen LogP contribution >= 0.6 is 0 Å². The van der Waals surface area contributed by atoms with Crippen molar-refractivity contribution >= 4 is 10.2 Å². The normalized spacial score (nSPS) is 31.6. The first-order valence-electron chi connectivity index (χ1n) is 3.39. The van der Waals surface area contributed by atoms with Gasteiger partial charge in [0.2, 0.25) is 0 Å². The molecule has 1 rings (SSSR count). The zero-order valence-corrected chi connectivity index (χ0v) is 6.64. The van der Waals surface area contributed by atoms with E-state index in [1.165, 1.54) is 0 Å². The molecule has 2 unspecified atom stereocenters. The molecule has 1 aliphatic carbocycles. The summed E-state index contributed by atoms with van der Waals surface area (Å²) in [6.45, 7) is 0. The predicted molar refractivity (Wildman–Crippen MR) is 36.8 cm³/mol. The third-order valence-electron chi connectivity index (χ3n) is 1.98. The summed E-state index contributed by atoms with van der Waals surface area (Å²) < 4.78 is 33.1. The minimum absolute atomic E-state index is 0.289. The van der Waals surface area contributed by atoms with E-state index in [0.717, 1.165) is 0 Å². The number of nitrogens with zero attached hydrogens (tertiary/aromatic N) is 1. The fourth-order valence-corrected chi connectivity index (χ4v) is 2.45. The lowest BCUT2D eigenvalue weighted by atomic mass is 10.1. The molecule has 1 fully saturated rings. The smallest absolute Gasteiger partial charge is 0.198 e. The molecular weight excluding hydrogens is 169 g/mol. The molecule has 3 nitrogen and oxygen atoms in total.